The molecule has 1 aromatic heterocycles. The van der Waals surface area contributed by atoms with Crippen LogP contribution in [-0.2, 0) is 18.8 Å². The summed E-state index contributed by atoms with van der Waals surface area (Å²) >= 11 is 1.40. The van der Waals surface area contributed by atoms with E-state index in [4.69, 9.17) is 19.7 Å². The van der Waals surface area contributed by atoms with Crippen LogP contribution in [0.3, 0.4) is 0 Å². The van der Waals surface area contributed by atoms with Crippen molar-refractivity contribution >= 4 is 31.5 Å². The van der Waals surface area contributed by atoms with Gasteiger partial charge in [-0.25, -0.2) is 14.8 Å². The Morgan fingerprint density at radius 2 is 1.75 bits per heavy atom. The molecule has 1 rings (SSSR count). The van der Waals surface area contributed by atoms with E-state index < -0.39 is 26.4 Å². The Morgan fingerprint density at radius 1 is 1.10 bits per heavy atom. The third-order valence-corrected chi connectivity index (χ3v) is 13.5. The van der Waals surface area contributed by atoms with E-state index in [0.717, 1.165) is 32.1 Å². The van der Waals surface area contributed by atoms with Gasteiger partial charge in [0.1, 0.15) is 5.01 Å². The van der Waals surface area contributed by atoms with Gasteiger partial charge in [0.15, 0.2) is 14.0 Å². The van der Waals surface area contributed by atoms with Crippen LogP contribution in [0.15, 0.2) is 5.38 Å². The Labute approximate surface area is 248 Å². The summed E-state index contributed by atoms with van der Waals surface area (Å²) in [6, 6.07) is -0.949. The van der Waals surface area contributed by atoms with E-state index >= 15 is 0 Å². The van der Waals surface area contributed by atoms with E-state index in [0.29, 0.717) is 18.0 Å². The molecule has 0 spiro atoms. The average molecular weight is 600 g/mol. The quantitative estimate of drug-likeness (QED) is 0.0806. The van der Waals surface area contributed by atoms with E-state index in [2.05, 4.69) is 59.6 Å². The van der Waals surface area contributed by atoms with Crippen molar-refractivity contribution in [3.63, 3.8) is 0 Å². The minimum Gasteiger partial charge on any atom is -0.461 e. The van der Waals surface area contributed by atoms with Crippen LogP contribution in [0, 0.1) is 11.8 Å². The summed E-state index contributed by atoms with van der Waals surface area (Å²) in [5, 5.41) is 3.95. The number of carbonyl (C=O) groups excluding carboxylic acids is 2. The van der Waals surface area contributed by atoms with E-state index in [1.54, 1.807) is 17.4 Å². The van der Waals surface area contributed by atoms with E-state index in [1.807, 2.05) is 13.8 Å². The number of hydrogen-bond acceptors (Lipinski definition) is 8. The molecule has 0 aliphatic rings. The van der Waals surface area contributed by atoms with Crippen LogP contribution in [0.4, 0.5) is 0 Å². The molecule has 2 unspecified atom stereocenters. The predicted octanol–water partition coefficient (Wildman–Crippen LogP) is 7.51. The number of aromatic nitrogens is 1. The lowest BCUT2D eigenvalue weighted by molar-refractivity contribution is -0.211. The first-order valence-electron chi connectivity index (χ1n) is 15.1. The normalized spacial score (nSPS) is 15.5. The third kappa shape index (κ3) is 10.8. The second-order valence-corrected chi connectivity index (χ2v) is 18.3. The van der Waals surface area contributed by atoms with Crippen LogP contribution in [0.2, 0.25) is 18.1 Å². The maximum absolute atomic E-state index is 13.8. The van der Waals surface area contributed by atoms with Gasteiger partial charge >= 0.3 is 5.97 Å². The van der Waals surface area contributed by atoms with Gasteiger partial charge in [-0.05, 0) is 43.3 Å². The molecule has 0 radical (unpaired) electrons. The van der Waals surface area contributed by atoms with Crippen molar-refractivity contribution in [2.24, 2.45) is 17.6 Å². The molecule has 4 atom stereocenters. The van der Waals surface area contributed by atoms with Crippen molar-refractivity contribution in [2.75, 3.05) is 13.2 Å². The van der Waals surface area contributed by atoms with Gasteiger partial charge in [0.05, 0.1) is 31.4 Å². The summed E-state index contributed by atoms with van der Waals surface area (Å²) in [5.41, 5.74) is 6.75. The fourth-order valence-corrected chi connectivity index (χ4v) is 6.17. The molecule has 1 aromatic rings. The Bertz CT molecular complexity index is 902. The molecule has 0 fully saturated rings. The van der Waals surface area contributed by atoms with Gasteiger partial charge in [-0.2, -0.15) is 0 Å². The summed E-state index contributed by atoms with van der Waals surface area (Å²) in [7, 11) is -2.25. The number of thiazole rings is 1. The lowest BCUT2D eigenvalue weighted by Crippen LogP contribution is -2.53. The number of hydrogen-bond donors (Lipinski definition) is 1. The standard InChI is InChI=1S/C30H57N3O5SSi/c1-12-15-16-17-18-37-33(28(34)26(31)22(6)13-2)24(21(4)5)19-25(38-40(10,11)30(7,8)9)27-32-23(20-39-27)29(35)36-14-3/h20-22,24-26H,12-19,31H2,1-11H3/t22-,24?,25?,26-/m0/s1. The van der Waals surface area contributed by atoms with E-state index in [1.165, 1.54) is 11.3 Å². The summed E-state index contributed by atoms with van der Waals surface area (Å²) in [6.07, 6.45) is 5.05. The molecule has 1 amide bonds. The molecule has 40 heavy (non-hydrogen) atoms. The summed E-state index contributed by atoms with van der Waals surface area (Å²) in [5.74, 6) is -0.542. The van der Waals surface area contributed by atoms with Crippen molar-refractivity contribution in [2.45, 2.75) is 137 Å². The molecular formula is C30H57N3O5SSi. The highest BCUT2D eigenvalue weighted by Crippen LogP contribution is 2.42. The molecule has 2 N–H and O–H groups in total. The molecule has 0 aliphatic carbocycles. The largest absolute Gasteiger partial charge is 0.461 e. The van der Waals surface area contributed by atoms with Crippen LogP contribution >= 0.6 is 11.3 Å². The monoisotopic (exact) mass is 599 g/mol. The maximum atomic E-state index is 13.8. The van der Waals surface area contributed by atoms with Gasteiger partial charge < -0.3 is 14.9 Å². The average Bonchev–Trinajstić information content (AvgIpc) is 3.37. The zero-order chi connectivity index (χ0) is 30.7. The van der Waals surface area contributed by atoms with Crippen LogP contribution in [0.1, 0.15) is 122 Å². The fourth-order valence-electron chi connectivity index (χ4n) is 3.98. The molecule has 8 nitrogen and oxygen atoms in total. The second kappa shape index (κ2) is 16.9. The zero-order valence-electron chi connectivity index (χ0n) is 27.0. The van der Waals surface area contributed by atoms with Crippen molar-refractivity contribution in [3.8, 4) is 0 Å². The van der Waals surface area contributed by atoms with Gasteiger partial charge in [-0.1, -0.05) is 81.1 Å². The van der Waals surface area contributed by atoms with Gasteiger partial charge in [0.2, 0.25) is 0 Å². The van der Waals surface area contributed by atoms with Crippen LogP contribution in [-0.4, -0.2) is 55.5 Å². The number of amides is 1. The molecule has 0 aliphatic heterocycles. The van der Waals surface area contributed by atoms with Gasteiger partial charge in [-0.15, -0.1) is 11.3 Å². The predicted molar refractivity (Wildman–Crippen MR) is 167 cm³/mol. The zero-order valence-corrected chi connectivity index (χ0v) is 28.9. The molecule has 0 saturated heterocycles. The minimum atomic E-state index is -2.25. The maximum Gasteiger partial charge on any atom is 0.357 e. The fraction of sp³-hybridized carbons (Fsp3) is 0.833. The number of nitrogens with zero attached hydrogens (tertiary/aromatic N) is 2. The Hall–Kier alpha value is -1.33. The highest BCUT2D eigenvalue weighted by atomic mass is 32.1. The van der Waals surface area contributed by atoms with Crippen LogP contribution in [0.5, 0.6) is 0 Å². The topological polar surface area (TPSA) is 104 Å². The second-order valence-electron chi connectivity index (χ2n) is 12.7. The number of esters is 1. The van der Waals surface area contributed by atoms with Gasteiger partial charge in [0, 0.05) is 11.8 Å². The number of unbranched alkanes of at least 4 members (excludes halogenated alkanes) is 3. The Balaban J connectivity index is 3.47. The number of rotatable bonds is 18. The summed E-state index contributed by atoms with van der Waals surface area (Å²) in [6.45, 7) is 23.9. The highest BCUT2D eigenvalue weighted by Gasteiger charge is 2.42. The highest BCUT2D eigenvalue weighted by molar-refractivity contribution is 7.09. The molecule has 0 aromatic carbocycles. The van der Waals surface area contributed by atoms with Gasteiger partial charge in [0.25, 0.3) is 5.91 Å². The first-order chi connectivity index (χ1) is 18.6. The van der Waals surface area contributed by atoms with E-state index in [-0.39, 0.29) is 41.1 Å². The van der Waals surface area contributed by atoms with Crippen molar-refractivity contribution in [3.05, 3.63) is 16.1 Å². The molecule has 232 valence electrons. The molecule has 1 heterocycles. The van der Waals surface area contributed by atoms with Gasteiger partial charge in [-0.3, -0.25) is 9.63 Å². The molecular weight excluding hydrogens is 542 g/mol. The summed E-state index contributed by atoms with van der Waals surface area (Å²) in [4.78, 5) is 37.1. The molecule has 0 saturated carbocycles. The number of ether oxygens (including phenoxy) is 1. The summed E-state index contributed by atoms with van der Waals surface area (Å²) < 4.78 is 12.1. The first-order valence-corrected chi connectivity index (χ1v) is 18.9. The molecule has 0 bridgehead atoms. The van der Waals surface area contributed by atoms with Crippen LogP contribution < -0.4 is 5.73 Å². The lowest BCUT2D eigenvalue weighted by Gasteiger charge is -2.41. The smallest absolute Gasteiger partial charge is 0.357 e. The number of hydroxylamine groups is 2. The van der Waals surface area contributed by atoms with Crippen molar-refractivity contribution in [1.82, 2.24) is 10.0 Å². The minimum absolute atomic E-state index is 0.0249. The van der Waals surface area contributed by atoms with Crippen molar-refractivity contribution < 1.29 is 23.6 Å². The van der Waals surface area contributed by atoms with Crippen LogP contribution in [0.25, 0.3) is 0 Å². The SMILES string of the molecule is CCCCCCON(C(=O)[C@@H](N)[C@@H](C)CC)C(CC(O[Si](C)(C)C(C)(C)C)c1nc(C(=O)OCC)cs1)C(C)C. The third-order valence-electron chi connectivity index (χ3n) is 8.04. The van der Waals surface area contributed by atoms with E-state index in [9.17, 15) is 9.59 Å². The molecule has 10 heteroatoms. The Kier molecular flexibility index (Phi) is 15.5. The Morgan fingerprint density at radius 3 is 2.27 bits per heavy atom. The van der Waals surface area contributed by atoms with Crippen molar-refractivity contribution in [1.29, 1.82) is 0 Å². The first kappa shape index (κ1) is 36.7. The number of nitrogens with two attached hydrogens (primary N) is 1. The number of carbonyl (C=O) groups is 2. The lowest BCUT2D eigenvalue weighted by atomic mass is 9.94.